The van der Waals surface area contributed by atoms with E-state index in [-0.39, 0.29) is 0 Å². The van der Waals surface area contributed by atoms with Crippen molar-refractivity contribution in [3.05, 3.63) is 35.9 Å². The first-order valence-electron chi connectivity index (χ1n) is 5.01. The van der Waals surface area contributed by atoms with Gasteiger partial charge >= 0.3 is 0 Å². The van der Waals surface area contributed by atoms with Crippen molar-refractivity contribution in [3.8, 4) is 0 Å². The summed E-state index contributed by atoms with van der Waals surface area (Å²) in [7, 11) is 0. The van der Waals surface area contributed by atoms with Crippen molar-refractivity contribution >= 4 is 5.91 Å². The van der Waals surface area contributed by atoms with Gasteiger partial charge < -0.3 is 5.73 Å². The number of hydrogen-bond donors (Lipinski definition) is 1. The van der Waals surface area contributed by atoms with Gasteiger partial charge in [-0.25, -0.2) is 4.39 Å². The molecule has 2 nitrogen and oxygen atoms in total. The summed E-state index contributed by atoms with van der Waals surface area (Å²) < 4.78 is 14.1. The molecule has 2 unspecified atom stereocenters. The number of alkyl halides is 1. The first-order valence-corrected chi connectivity index (χ1v) is 5.01. The van der Waals surface area contributed by atoms with Crippen LogP contribution in [0.15, 0.2) is 30.3 Å². The predicted molar refractivity (Wildman–Crippen MR) is 57.9 cm³/mol. The lowest BCUT2D eigenvalue weighted by Crippen LogP contribution is -2.37. The predicted octanol–water partition coefficient (Wildman–Crippen LogP) is 2.60. The highest BCUT2D eigenvalue weighted by Gasteiger charge is 2.39. The fourth-order valence-electron chi connectivity index (χ4n) is 1.47. The van der Waals surface area contributed by atoms with E-state index in [1.165, 1.54) is 0 Å². The first-order chi connectivity index (χ1) is 7.02. The van der Waals surface area contributed by atoms with Gasteiger partial charge in [0.1, 0.15) is 6.17 Å². The molecule has 0 radical (unpaired) electrons. The van der Waals surface area contributed by atoms with E-state index in [1.54, 1.807) is 38.1 Å². The van der Waals surface area contributed by atoms with Crippen LogP contribution in [0.1, 0.15) is 32.0 Å². The Morgan fingerprint density at radius 1 is 1.47 bits per heavy atom. The third kappa shape index (κ3) is 2.17. The maximum Gasteiger partial charge on any atom is 0.226 e. The zero-order chi connectivity index (χ0) is 11.5. The highest BCUT2D eigenvalue weighted by molar-refractivity contribution is 5.81. The molecule has 0 fully saturated rings. The standard InChI is InChI=1S/C12H16FNO/c1-3-12(2,11(14)15)10(13)9-7-5-4-6-8-9/h4-8,10H,3H2,1-2H3,(H2,14,15). The van der Waals surface area contributed by atoms with Gasteiger partial charge in [0.25, 0.3) is 0 Å². The van der Waals surface area contributed by atoms with Gasteiger partial charge in [-0.2, -0.15) is 0 Å². The third-order valence-electron chi connectivity index (χ3n) is 2.95. The summed E-state index contributed by atoms with van der Waals surface area (Å²) in [6.45, 7) is 3.33. The molecule has 0 aliphatic carbocycles. The van der Waals surface area contributed by atoms with E-state index < -0.39 is 17.5 Å². The molecule has 1 amide bonds. The minimum Gasteiger partial charge on any atom is -0.369 e. The largest absolute Gasteiger partial charge is 0.369 e. The monoisotopic (exact) mass is 209 g/mol. The fourth-order valence-corrected chi connectivity index (χ4v) is 1.47. The summed E-state index contributed by atoms with van der Waals surface area (Å²) in [4.78, 5) is 11.2. The summed E-state index contributed by atoms with van der Waals surface area (Å²) in [5, 5.41) is 0. The molecule has 3 heteroatoms. The molecule has 0 bridgehead atoms. The van der Waals surface area contributed by atoms with Crippen molar-refractivity contribution in [3.63, 3.8) is 0 Å². The van der Waals surface area contributed by atoms with Gasteiger partial charge in [-0.3, -0.25) is 4.79 Å². The molecule has 0 heterocycles. The van der Waals surface area contributed by atoms with Gasteiger partial charge in [0, 0.05) is 0 Å². The molecule has 2 N–H and O–H groups in total. The molecular formula is C12H16FNO. The third-order valence-corrected chi connectivity index (χ3v) is 2.95. The highest BCUT2D eigenvalue weighted by Crippen LogP contribution is 2.39. The van der Waals surface area contributed by atoms with Crippen LogP contribution in [-0.4, -0.2) is 5.91 Å². The van der Waals surface area contributed by atoms with Crippen LogP contribution in [0.4, 0.5) is 4.39 Å². The van der Waals surface area contributed by atoms with Crippen LogP contribution in [0.2, 0.25) is 0 Å². The number of rotatable bonds is 4. The van der Waals surface area contributed by atoms with Crippen LogP contribution in [0.3, 0.4) is 0 Å². The van der Waals surface area contributed by atoms with E-state index in [0.717, 1.165) is 0 Å². The minimum atomic E-state index is -1.35. The van der Waals surface area contributed by atoms with Crippen LogP contribution in [-0.2, 0) is 4.79 Å². The van der Waals surface area contributed by atoms with Crippen molar-refractivity contribution in [2.45, 2.75) is 26.4 Å². The van der Waals surface area contributed by atoms with Gasteiger partial charge in [-0.15, -0.1) is 0 Å². The molecular weight excluding hydrogens is 193 g/mol. The Morgan fingerprint density at radius 3 is 2.40 bits per heavy atom. The normalized spacial score (nSPS) is 16.7. The Labute approximate surface area is 89.3 Å². The number of benzene rings is 1. The molecule has 0 saturated heterocycles. The van der Waals surface area contributed by atoms with Crippen molar-refractivity contribution in [1.29, 1.82) is 0 Å². The van der Waals surface area contributed by atoms with Gasteiger partial charge in [-0.1, -0.05) is 37.3 Å². The molecule has 0 saturated carbocycles. The number of primary amides is 1. The first kappa shape index (κ1) is 11.7. The lowest BCUT2D eigenvalue weighted by molar-refractivity contribution is -0.130. The minimum absolute atomic E-state index is 0.387. The van der Waals surface area contributed by atoms with Gasteiger partial charge in [0.15, 0.2) is 0 Å². The van der Waals surface area contributed by atoms with E-state index >= 15 is 0 Å². The lowest BCUT2D eigenvalue weighted by Gasteiger charge is -2.28. The molecule has 2 atom stereocenters. The van der Waals surface area contributed by atoms with Gasteiger partial charge in [0.05, 0.1) is 5.41 Å². The molecule has 82 valence electrons. The zero-order valence-corrected chi connectivity index (χ0v) is 9.03. The summed E-state index contributed by atoms with van der Waals surface area (Å²) in [6, 6.07) is 8.64. The maximum absolute atomic E-state index is 14.1. The number of nitrogens with two attached hydrogens (primary N) is 1. The lowest BCUT2D eigenvalue weighted by atomic mass is 9.79. The van der Waals surface area contributed by atoms with Crippen molar-refractivity contribution in [2.75, 3.05) is 0 Å². The van der Waals surface area contributed by atoms with Crippen LogP contribution in [0, 0.1) is 5.41 Å². The van der Waals surface area contributed by atoms with Crippen LogP contribution < -0.4 is 5.73 Å². The highest BCUT2D eigenvalue weighted by atomic mass is 19.1. The molecule has 1 aromatic rings. The number of carbonyl (C=O) groups excluding carboxylic acids is 1. The average Bonchev–Trinajstić information content (AvgIpc) is 2.28. The van der Waals surface area contributed by atoms with Crippen LogP contribution in [0.25, 0.3) is 0 Å². The Kier molecular flexibility index (Phi) is 3.45. The Balaban J connectivity index is 3.02. The van der Waals surface area contributed by atoms with Crippen LogP contribution >= 0.6 is 0 Å². The molecule has 0 aliphatic heterocycles. The van der Waals surface area contributed by atoms with Crippen molar-refractivity contribution in [2.24, 2.45) is 11.1 Å². The Bertz CT molecular complexity index is 339. The zero-order valence-electron chi connectivity index (χ0n) is 9.03. The van der Waals surface area contributed by atoms with Crippen molar-refractivity contribution in [1.82, 2.24) is 0 Å². The Hall–Kier alpha value is -1.38. The number of hydrogen-bond acceptors (Lipinski definition) is 1. The van der Waals surface area contributed by atoms with Gasteiger partial charge in [0.2, 0.25) is 5.91 Å². The number of carbonyl (C=O) groups is 1. The molecule has 1 aromatic carbocycles. The van der Waals surface area contributed by atoms with E-state index in [0.29, 0.717) is 12.0 Å². The van der Waals surface area contributed by atoms with E-state index in [2.05, 4.69) is 0 Å². The van der Waals surface area contributed by atoms with Crippen LogP contribution in [0.5, 0.6) is 0 Å². The van der Waals surface area contributed by atoms with E-state index in [9.17, 15) is 9.18 Å². The summed E-state index contributed by atoms with van der Waals surface area (Å²) >= 11 is 0. The molecule has 0 aliphatic rings. The fraction of sp³-hybridized carbons (Fsp3) is 0.417. The second kappa shape index (κ2) is 4.43. The van der Waals surface area contributed by atoms with Gasteiger partial charge in [-0.05, 0) is 18.9 Å². The SMILES string of the molecule is CCC(C)(C(N)=O)C(F)c1ccccc1. The average molecular weight is 209 g/mol. The molecule has 0 spiro atoms. The number of amides is 1. The number of halogens is 1. The second-order valence-corrected chi connectivity index (χ2v) is 3.91. The quantitative estimate of drug-likeness (QED) is 0.813. The summed E-state index contributed by atoms with van der Waals surface area (Å²) in [6.07, 6.45) is -0.959. The Morgan fingerprint density at radius 2 is 2.00 bits per heavy atom. The topological polar surface area (TPSA) is 43.1 Å². The van der Waals surface area contributed by atoms with E-state index in [4.69, 9.17) is 5.73 Å². The molecule has 0 aromatic heterocycles. The maximum atomic E-state index is 14.1. The molecule has 1 rings (SSSR count). The van der Waals surface area contributed by atoms with E-state index in [1.807, 2.05) is 6.07 Å². The molecule has 15 heavy (non-hydrogen) atoms. The van der Waals surface area contributed by atoms with Crippen molar-refractivity contribution < 1.29 is 9.18 Å². The second-order valence-electron chi connectivity index (χ2n) is 3.91. The summed E-state index contributed by atoms with van der Waals surface area (Å²) in [5.74, 6) is -0.596. The summed E-state index contributed by atoms with van der Waals surface area (Å²) in [5.41, 5.74) is 4.62. The smallest absolute Gasteiger partial charge is 0.226 e.